The van der Waals surface area contributed by atoms with E-state index in [0.29, 0.717) is 24.4 Å². The van der Waals surface area contributed by atoms with E-state index in [2.05, 4.69) is 24.5 Å². The van der Waals surface area contributed by atoms with Crippen molar-refractivity contribution in [2.24, 2.45) is 5.73 Å². The molecule has 1 amide bonds. The van der Waals surface area contributed by atoms with E-state index in [0.717, 1.165) is 19.3 Å². The Morgan fingerprint density at radius 1 is 1.38 bits per heavy atom. The van der Waals surface area contributed by atoms with Gasteiger partial charge in [0.05, 0.1) is 4.99 Å². The molecule has 0 unspecified atom stereocenters. The van der Waals surface area contributed by atoms with Crippen LogP contribution in [0.1, 0.15) is 39.0 Å². The largest absolute Gasteiger partial charge is 0.393 e. The molecule has 76 valence electrons. The number of carbonyl (C=O) groups excluding carboxylic acids is 1. The number of rotatable bonds is 7. The lowest BCUT2D eigenvalue weighted by Crippen LogP contribution is -2.26. The van der Waals surface area contributed by atoms with Crippen LogP contribution in [0.15, 0.2) is 0 Å². The Labute approximate surface area is 85.1 Å². The van der Waals surface area contributed by atoms with Gasteiger partial charge < -0.3 is 11.1 Å². The smallest absolute Gasteiger partial charge is 0.220 e. The summed E-state index contributed by atoms with van der Waals surface area (Å²) >= 11 is 4.68. The first-order valence-corrected chi connectivity index (χ1v) is 5.12. The van der Waals surface area contributed by atoms with Gasteiger partial charge in [-0.2, -0.15) is 0 Å². The Morgan fingerprint density at radius 3 is 2.62 bits per heavy atom. The predicted molar refractivity (Wildman–Crippen MR) is 58.6 cm³/mol. The number of thiocarbonyl (C=S) groups is 1. The number of nitrogens with two attached hydrogens (primary N) is 1. The first kappa shape index (κ1) is 12.4. The summed E-state index contributed by atoms with van der Waals surface area (Å²) in [6.45, 7) is 2.69. The van der Waals surface area contributed by atoms with E-state index in [-0.39, 0.29) is 5.91 Å². The standard InChI is InChI=1S/C9H18N2OS/c1-2-3-4-5-9(12)11-7-6-8(10)13/h2-7H2,1H3,(H2,10,13)(H,11,12). The molecular formula is C9H18N2OS. The lowest BCUT2D eigenvalue weighted by molar-refractivity contribution is -0.121. The summed E-state index contributed by atoms with van der Waals surface area (Å²) in [5.74, 6) is 0.102. The maximum atomic E-state index is 11.1. The first-order valence-electron chi connectivity index (χ1n) is 4.71. The van der Waals surface area contributed by atoms with Crippen molar-refractivity contribution in [1.82, 2.24) is 5.32 Å². The monoisotopic (exact) mass is 202 g/mol. The maximum absolute atomic E-state index is 11.1. The highest BCUT2D eigenvalue weighted by Crippen LogP contribution is 1.97. The third-order valence-electron chi connectivity index (χ3n) is 1.70. The van der Waals surface area contributed by atoms with Gasteiger partial charge in [-0.1, -0.05) is 32.0 Å². The SMILES string of the molecule is CCCCCC(=O)NCCC(N)=S. The van der Waals surface area contributed by atoms with Crippen molar-refractivity contribution in [3.8, 4) is 0 Å². The van der Waals surface area contributed by atoms with Gasteiger partial charge in [0.15, 0.2) is 0 Å². The van der Waals surface area contributed by atoms with Crippen LogP contribution in [-0.4, -0.2) is 17.4 Å². The van der Waals surface area contributed by atoms with Gasteiger partial charge in [-0.25, -0.2) is 0 Å². The van der Waals surface area contributed by atoms with Crippen LogP contribution >= 0.6 is 12.2 Å². The van der Waals surface area contributed by atoms with E-state index >= 15 is 0 Å². The van der Waals surface area contributed by atoms with Gasteiger partial charge in [-0.3, -0.25) is 4.79 Å². The van der Waals surface area contributed by atoms with Gasteiger partial charge in [-0.05, 0) is 6.42 Å². The van der Waals surface area contributed by atoms with Crippen LogP contribution in [0.5, 0.6) is 0 Å². The number of amides is 1. The minimum absolute atomic E-state index is 0.102. The van der Waals surface area contributed by atoms with Crippen molar-refractivity contribution < 1.29 is 4.79 Å². The fourth-order valence-electron chi connectivity index (χ4n) is 0.949. The van der Waals surface area contributed by atoms with E-state index in [9.17, 15) is 4.79 Å². The van der Waals surface area contributed by atoms with Crippen LogP contribution in [0, 0.1) is 0 Å². The quantitative estimate of drug-likeness (QED) is 0.484. The van der Waals surface area contributed by atoms with Gasteiger partial charge in [0, 0.05) is 19.4 Å². The molecule has 0 spiro atoms. The molecule has 4 heteroatoms. The van der Waals surface area contributed by atoms with Crippen molar-refractivity contribution >= 4 is 23.1 Å². The van der Waals surface area contributed by atoms with E-state index in [1.165, 1.54) is 0 Å². The summed E-state index contributed by atoms with van der Waals surface area (Å²) in [5, 5.41) is 2.77. The molecule has 0 aromatic rings. The van der Waals surface area contributed by atoms with Gasteiger partial charge >= 0.3 is 0 Å². The third-order valence-corrected chi connectivity index (χ3v) is 1.91. The van der Waals surface area contributed by atoms with E-state index in [4.69, 9.17) is 5.73 Å². The molecule has 3 N–H and O–H groups in total. The summed E-state index contributed by atoms with van der Waals surface area (Å²) in [5.41, 5.74) is 5.28. The molecule has 0 heterocycles. The van der Waals surface area contributed by atoms with Crippen molar-refractivity contribution in [1.29, 1.82) is 0 Å². The lowest BCUT2D eigenvalue weighted by atomic mass is 10.2. The van der Waals surface area contributed by atoms with Gasteiger partial charge in [-0.15, -0.1) is 0 Å². The molecule has 0 fully saturated rings. The molecule has 0 aromatic heterocycles. The van der Waals surface area contributed by atoms with Gasteiger partial charge in [0.25, 0.3) is 0 Å². The number of nitrogens with one attached hydrogen (secondary N) is 1. The Hall–Kier alpha value is -0.640. The molecule has 13 heavy (non-hydrogen) atoms. The molecular weight excluding hydrogens is 184 g/mol. The number of hydrogen-bond acceptors (Lipinski definition) is 2. The predicted octanol–water partition coefficient (Wildman–Crippen LogP) is 1.36. The summed E-state index contributed by atoms with van der Waals surface area (Å²) in [6, 6.07) is 0. The molecule has 0 atom stereocenters. The highest BCUT2D eigenvalue weighted by molar-refractivity contribution is 7.80. The molecule has 0 radical (unpaired) electrons. The maximum Gasteiger partial charge on any atom is 0.220 e. The Kier molecular flexibility index (Phi) is 7.59. The van der Waals surface area contributed by atoms with Crippen molar-refractivity contribution in [2.75, 3.05) is 6.54 Å². The van der Waals surface area contributed by atoms with Crippen LogP contribution in [0.4, 0.5) is 0 Å². The zero-order valence-corrected chi connectivity index (χ0v) is 8.95. The molecule has 0 saturated carbocycles. The second-order valence-electron chi connectivity index (χ2n) is 3.02. The normalized spacial score (nSPS) is 9.62. The molecule has 0 aliphatic rings. The molecule has 0 aromatic carbocycles. The summed E-state index contributed by atoms with van der Waals surface area (Å²) in [6.07, 6.45) is 4.43. The molecule has 0 aliphatic heterocycles. The Morgan fingerprint density at radius 2 is 2.08 bits per heavy atom. The summed E-state index contributed by atoms with van der Waals surface area (Å²) < 4.78 is 0. The van der Waals surface area contributed by atoms with Gasteiger partial charge in [0.2, 0.25) is 5.91 Å². The van der Waals surface area contributed by atoms with Crippen LogP contribution < -0.4 is 11.1 Å². The first-order chi connectivity index (χ1) is 6.16. The topological polar surface area (TPSA) is 55.1 Å². The average molecular weight is 202 g/mol. The fourth-order valence-corrected chi connectivity index (χ4v) is 1.05. The minimum Gasteiger partial charge on any atom is -0.393 e. The van der Waals surface area contributed by atoms with Crippen molar-refractivity contribution in [3.63, 3.8) is 0 Å². The highest BCUT2D eigenvalue weighted by atomic mass is 32.1. The fraction of sp³-hybridized carbons (Fsp3) is 0.778. The molecule has 0 aliphatic carbocycles. The van der Waals surface area contributed by atoms with Gasteiger partial charge in [0.1, 0.15) is 0 Å². The minimum atomic E-state index is 0.102. The Balaban J connectivity index is 3.25. The second kappa shape index (κ2) is 7.98. The molecule has 0 saturated heterocycles. The lowest BCUT2D eigenvalue weighted by Gasteiger charge is -2.03. The average Bonchev–Trinajstić information content (AvgIpc) is 2.04. The zero-order valence-electron chi connectivity index (χ0n) is 8.14. The van der Waals surface area contributed by atoms with Crippen LogP contribution in [0.2, 0.25) is 0 Å². The van der Waals surface area contributed by atoms with Crippen LogP contribution in [0.25, 0.3) is 0 Å². The van der Waals surface area contributed by atoms with Crippen molar-refractivity contribution in [3.05, 3.63) is 0 Å². The van der Waals surface area contributed by atoms with E-state index in [1.54, 1.807) is 0 Å². The second-order valence-corrected chi connectivity index (χ2v) is 3.55. The molecule has 0 rings (SSSR count). The summed E-state index contributed by atoms with van der Waals surface area (Å²) in [7, 11) is 0. The molecule has 0 bridgehead atoms. The highest BCUT2D eigenvalue weighted by Gasteiger charge is 1.99. The van der Waals surface area contributed by atoms with Crippen molar-refractivity contribution in [2.45, 2.75) is 39.0 Å². The zero-order chi connectivity index (χ0) is 10.1. The third kappa shape index (κ3) is 9.27. The Bertz CT molecular complexity index is 171. The number of carbonyl (C=O) groups is 1. The van der Waals surface area contributed by atoms with E-state index < -0.39 is 0 Å². The van der Waals surface area contributed by atoms with Crippen LogP contribution in [-0.2, 0) is 4.79 Å². The number of unbranched alkanes of at least 4 members (excludes halogenated alkanes) is 2. The summed E-state index contributed by atoms with van der Waals surface area (Å²) in [4.78, 5) is 11.6. The number of hydrogen-bond donors (Lipinski definition) is 2. The molecule has 3 nitrogen and oxygen atoms in total. The van der Waals surface area contributed by atoms with Crippen LogP contribution in [0.3, 0.4) is 0 Å². The van der Waals surface area contributed by atoms with E-state index in [1.807, 2.05) is 0 Å².